The van der Waals surface area contributed by atoms with Crippen molar-refractivity contribution < 1.29 is 4.74 Å². The number of nitrogens with zero attached hydrogens (tertiary/aromatic N) is 2. The fraction of sp³-hybridized carbons (Fsp3) is 0.0385. The molecule has 2 aliphatic rings. The van der Waals surface area contributed by atoms with Crippen LogP contribution in [0.25, 0.3) is 66.9 Å². The molecule has 0 saturated carbocycles. The van der Waals surface area contributed by atoms with Crippen LogP contribution in [-0.4, -0.2) is 9.97 Å². The zero-order valence-corrected chi connectivity index (χ0v) is 30.2. The smallest absolute Gasteiger partial charge is 0.160 e. The van der Waals surface area contributed by atoms with Crippen LogP contribution in [0.1, 0.15) is 27.8 Å². The van der Waals surface area contributed by atoms with Crippen molar-refractivity contribution in [3.8, 4) is 67.7 Å². The molecule has 0 saturated heterocycles. The van der Waals surface area contributed by atoms with Gasteiger partial charge >= 0.3 is 0 Å². The van der Waals surface area contributed by atoms with Gasteiger partial charge in [0.25, 0.3) is 0 Å². The molecule has 3 heteroatoms. The van der Waals surface area contributed by atoms with E-state index in [1.54, 1.807) is 0 Å². The Labute approximate surface area is 320 Å². The van der Waals surface area contributed by atoms with Crippen molar-refractivity contribution in [1.82, 2.24) is 9.97 Å². The van der Waals surface area contributed by atoms with Crippen molar-refractivity contribution in [3.63, 3.8) is 0 Å². The van der Waals surface area contributed by atoms with Gasteiger partial charge < -0.3 is 4.74 Å². The third kappa shape index (κ3) is 4.83. The molecule has 1 aliphatic heterocycles. The lowest BCUT2D eigenvalue weighted by Gasteiger charge is -2.40. The minimum absolute atomic E-state index is 0.513. The molecule has 8 aromatic carbocycles. The van der Waals surface area contributed by atoms with Crippen LogP contribution in [0.4, 0.5) is 0 Å². The first kappa shape index (κ1) is 31.4. The van der Waals surface area contributed by atoms with Gasteiger partial charge in [0.15, 0.2) is 5.82 Å². The molecule has 0 amide bonds. The molecule has 3 nitrogen and oxygen atoms in total. The summed E-state index contributed by atoms with van der Waals surface area (Å²) in [7, 11) is 0. The van der Waals surface area contributed by atoms with Crippen LogP contribution in [0.15, 0.2) is 188 Å². The van der Waals surface area contributed by atoms with Crippen molar-refractivity contribution in [2.45, 2.75) is 12.3 Å². The predicted molar refractivity (Wildman–Crippen MR) is 223 cm³/mol. The number of hydrogen-bond acceptors (Lipinski definition) is 3. The van der Waals surface area contributed by atoms with E-state index in [1.807, 2.05) is 18.2 Å². The Hall–Kier alpha value is -7.10. The van der Waals surface area contributed by atoms with Gasteiger partial charge in [-0.15, -0.1) is 0 Å². The van der Waals surface area contributed by atoms with Gasteiger partial charge in [-0.3, -0.25) is 0 Å². The molecule has 11 rings (SSSR count). The second kappa shape index (κ2) is 12.2. The summed E-state index contributed by atoms with van der Waals surface area (Å²) in [6, 6.07) is 67.1. The molecule has 258 valence electrons. The number of aryl methyl sites for hydroxylation is 1. The van der Waals surface area contributed by atoms with Gasteiger partial charge in [-0.25, -0.2) is 9.97 Å². The second-order valence-electron chi connectivity index (χ2n) is 14.6. The Morgan fingerprint density at radius 2 is 0.982 bits per heavy atom. The summed E-state index contributed by atoms with van der Waals surface area (Å²) in [6.45, 7) is 2.10. The number of ether oxygens (including phenoxy) is 1. The number of aromatic nitrogens is 2. The van der Waals surface area contributed by atoms with Gasteiger partial charge in [0.05, 0.1) is 16.8 Å². The standard InChI is InChI=1S/C52H34N2O/c1-33-19-21-36(22-20-33)47-32-48(54-51(53-47)38-12-3-2-4-13-38)37-25-23-34(24-26-37)39-28-29-45-49(31-39)55-50-40-14-6-5-11-35(40)27-30-46(50)52(45)43-17-9-7-15-41(43)42-16-8-10-18-44(42)52/h2-32H,1H3. The van der Waals surface area contributed by atoms with Crippen molar-refractivity contribution in [2.24, 2.45) is 0 Å². The normalized spacial score (nSPS) is 13.1. The number of fused-ring (bicyclic) bond motifs is 11. The van der Waals surface area contributed by atoms with Crippen LogP contribution in [0, 0.1) is 6.92 Å². The SMILES string of the molecule is Cc1ccc(-c2cc(-c3ccc(-c4ccc5c(c4)Oc4c(ccc6ccccc46)C54c5ccccc5-c5ccccc54)cc3)nc(-c3ccccc3)n2)cc1. The summed E-state index contributed by atoms with van der Waals surface area (Å²) in [4.78, 5) is 10.1. The van der Waals surface area contributed by atoms with Gasteiger partial charge in [-0.1, -0.05) is 181 Å². The highest BCUT2D eigenvalue weighted by molar-refractivity contribution is 5.96. The molecule has 0 fully saturated rings. The minimum Gasteiger partial charge on any atom is -0.456 e. The highest BCUT2D eigenvalue weighted by atomic mass is 16.5. The first-order valence-corrected chi connectivity index (χ1v) is 18.8. The molecule has 1 aliphatic carbocycles. The average molecular weight is 703 g/mol. The molecule has 0 N–H and O–H groups in total. The zero-order chi connectivity index (χ0) is 36.5. The van der Waals surface area contributed by atoms with E-state index in [4.69, 9.17) is 14.7 Å². The second-order valence-corrected chi connectivity index (χ2v) is 14.6. The van der Waals surface area contributed by atoms with Crippen LogP contribution in [0.5, 0.6) is 11.5 Å². The maximum absolute atomic E-state index is 7.06. The molecule has 0 atom stereocenters. The minimum atomic E-state index is -0.513. The molecule has 0 unspecified atom stereocenters. The van der Waals surface area contributed by atoms with E-state index in [9.17, 15) is 0 Å². The van der Waals surface area contributed by atoms with Gasteiger partial charge in [0.2, 0.25) is 0 Å². The Bertz CT molecular complexity index is 2900. The molecule has 0 radical (unpaired) electrons. The lowest BCUT2D eigenvalue weighted by molar-refractivity contribution is 0.442. The first-order chi connectivity index (χ1) is 27.1. The van der Waals surface area contributed by atoms with Crippen molar-refractivity contribution >= 4 is 10.8 Å². The number of hydrogen-bond donors (Lipinski definition) is 0. The topological polar surface area (TPSA) is 35.0 Å². The molecule has 9 aromatic rings. The van der Waals surface area contributed by atoms with Gasteiger partial charge in [-0.05, 0) is 57.8 Å². The molecule has 1 spiro atoms. The van der Waals surface area contributed by atoms with Crippen LogP contribution < -0.4 is 4.74 Å². The number of benzene rings is 8. The molecular weight excluding hydrogens is 669 g/mol. The van der Waals surface area contributed by atoms with Crippen LogP contribution in [0.3, 0.4) is 0 Å². The van der Waals surface area contributed by atoms with Gasteiger partial charge in [-0.2, -0.15) is 0 Å². The van der Waals surface area contributed by atoms with E-state index in [0.717, 1.165) is 67.0 Å². The van der Waals surface area contributed by atoms with Crippen LogP contribution >= 0.6 is 0 Å². The van der Waals surface area contributed by atoms with Gasteiger partial charge in [0.1, 0.15) is 11.5 Å². The van der Waals surface area contributed by atoms with Crippen molar-refractivity contribution in [2.75, 3.05) is 0 Å². The van der Waals surface area contributed by atoms with Crippen molar-refractivity contribution in [1.29, 1.82) is 0 Å². The summed E-state index contributed by atoms with van der Waals surface area (Å²) in [6.07, 6.45) is 0. The first-order valence-electron chi connectivity index (χ1n) is 18.8. The van der Waals surface area contributed by atoms with E-state index in [1.165, 1.54) is 33.4 Å². The fourth-order valence-electron chi connectivity index (χ4n) is 8.83. The Balaban J connectivity index is 1.05. The lowest BCUT2D eigenvalue weighted by atomic mass is 9.65. The summed E-state index contributed by atoms with van der Waals surface area (Å²) in [5.74, 6) is 2.51. The molecular formula is C52H34N2O. The van der Waals surface area contributed by atoms with E-state index >= 15 is 0 Å². The monoisotopic (exact) mass is 702 g/mol. The molecule has 0 bridgehead atoms. The highest BCUT2D eigenvalue weighted by Gasteiger charge is 2.51. The van der Waals surface area contributed by atoms with Crippen LogP contribution in [0.2, 0.25) is 0 Å². The summed E-state index contributed by atoms with van der Waals surface area (Å²) < 4.78 is 7.06. The summed E-state index contributed by atoms with van der Waals surface area (Å²) >= 11 is 0. The predicted octanol–water partition coefficient (Wildman–Crippen LogP) is 13.1. The van der Waals surface area contributed by atoms with E-state index in [0.29, 0.717) is 5.82 Å². The quantitative estimate of drug-likeness (QED) is 0.183. The highest BCUT2D eigenvalue weighted by Crippen LogP contribution is 2.63. The Morgan fingerprint density at radius 1 is 0.418 bits per heavy atom. The summed E-state index contributed by atoms with van der Waals surface area (Å²) in [5.41, 5.74) is 15.2. The van der Waals surface area contributed by atoms with Crippen molar-refractivity contribution in [3.05, 3.63) is 216 Å². The van der Waals surface area contributed by atoms with Crippen LogP contribution in [-0.2, 0) is 5.41 Å². The fourth-order valence-corrected chi connectivity index (χ4v) is 8.83. The number of rotatable bonds is 4. The third-order valence-corrected chi connectivity index (χ3v) is 11.5. The zero-order valence-electron chi connectivity index (χ0n) is 30.2. The van der Waals surface area contributed by atoms with Gasteiger partial charge in [0, 0.05) is 33.2 Å². The Kier molecular flexibility index (Phi) is 6.99. The van der Waals surface area contributed by atoms with E-state index in [2.05, 4.69) is 177 Å². The average Bonchev–Trinajstić information content (AvgIpc) is 3.54. The maximum Gasteiger partial charge on any atom is 0.160 e. The molecule has 2 heterocycles. The van der Waals surface area contributed by atoms with E-state index < -0.39 is 5.41 Å². The molecule has 1 aromatic heterocycles. The van der Waals surface area contributed by atoms with E-state index in [-0.39, 0.29) is 0 Å². The largest absolute Gasteiger partial charge is 0.456 e. The summed E-state index contributed by atoms with van der Waals surface area (Å²) in [5, 5.41) is 2.28. The third-order valence-electron chi connectivity index (χ3n) is 11.5. The molecule has 55 heavy (non-hydrogen) atoms. The Morgan fingerprint density at radius 3 is 1.69 bits per heavy atom. The maximum atomic E-state index is 7.06. The lowest BCUT2D eigenvalue weighted by Crippen LogP contribution is -2.32.